The maximum atomic E-state index is 13.8. The number of rotatable bonds is 9. The number of alkyl carbamates (subject to hydrolysis) is 1. The minimum Gasteiger partial charge on any atom is -0.492 e. The van der Waals surface area contributed by atoms with Gasteiger partial charge in [0.05, 0.1) is 12.5 Å². The van der Waals surface area contributed by atoms with Crippen molar-refractivity contribution in [2.75, 3.05) is 38.2 Å². The number of amides is 5. The molecule has 5 heterocycles. The fraction of sp³-hybridized carbons (Fsp3) is 0.568. The van der Waals surface area contributed by atoms with Crippen LogP contribution in [0.5, 0.6) is 5.75 Å². The molecule has 2 aromatic rings. The SMILES string of the molecule is CN(CCOc1ccc(C2CCC(=O)NC2=O)cc1)c1ccncc1C1CN(C(=O)[C@@H]2CC[C@@H]3CCC[C@H](NC(=O)OC(C)(C)C)C(=O)N32)C1. The molecule has 0 spiro atoms. The summed E-state index contributed by atoms with van der Waals surface area (Å²) >= 11 is 0. The molecule has 13 heteroatoms. The second kappa shape index (κ2) is 14.7. The maximum Gasteiger partial charge on any atom is 0.408 e. The Hall–Kier alpha value is -4.68. The normalized spacial score (nSPS) is 24.1. The van der Waals surface area contributed by atoms with Gasteiger partial charge < -0.3 is 29.5 Å². The lowest BCUT2D eigenvalue weighted by molar-refractivity contribution is -0.148. The number of hydrogen-bond acceptors (Lipinski definition) is 9. The van der Waals surface area contributed by atoms with Gasteiger partial charge in [-0.3, -0.25) is 29.5 Å². The van der Waals surface area contributed by atoms with Gasteiger partial charge in [0.15, 0.2) is 0 Å². The molecule has 0 bridgehead atoms. The molecule has 0 radical (unpaired) electrons. The summed E-state index contributed by atoms with van der Waals surface area (Å²) in [6.07, 6.45) is 7.38. The van der Waals surface area contributed by atoms with Crippen LogP contribution in [0.2, 0.25) is 0 Å². The number of aromatic nitrogens is 1. The number of anilines is 1. The molecule has 50 heavy (non-hydrogen) atoms. The number of fused-ring (bicyclic) bond motifs is 1. The molecule has 1 aromatic carbocycles. The van der Waals surface area contributed by atoms with Gasteiger partial charge in [-0.05, 0) is 83.1 Å². The van der Waals surface area contributed by atoms with E-state index in [0.29, 0.717) is 57.7 Å². The Balaban J connectivity index is 1.01. The fourth-order valence-corrected chi connectivity index (χ4v) is 7.54. The van der Waals surface area contributed by atoms with Gasteiger partial charge in [0.2, 0.25) is 23.6 Å². The molecular formula is C37H48N6O7. The molecule has 4 atom stereocenters. The van der Waals surface area contributed by atoms with Crippen LogP contribution < -0.4 is 20.3 Å². The highest BCUT2D eigenvalue weighted by Crippen LogP contribution is 2.37. The van der Waals surface area contributed by atoms with Gasteiger partial charge in [0, 0.05) is 62.2 Å². The van der Waals surface area contributed by atoms with Crippen LogP contribution in [-0.4, -0.2) is 102 Å². The Morgan fingerprint density at radius 2 is 1.78 bits per heavy atom. The molecular weight excluding hydrogens is 640 g/mol. The van der Waals surface area contributed by atoms with E-state index in [2.05, 4.69) is 20.5 Å². The van der Waals surface area contributed by atoms with E-state index >= 15 is 0 Å². The van der Waals surface area contributed by atoms with Crippen molar-refractivity contribution in [1.82, 2.24) is 25.4 Å². The van der Waals surface area contributed by atoms with Crippen molar-refractivity contribution in [3.8, 4) is 5.75 Å². The Morgan fingerprint density at radius 1 is 1.02 bits per heavy atom. The number of ether oxygens (including phenoxy) is 2. The topological polar surface area (TPSA) is 150 Å². The first kappa shape index (κ1) is 35.2. The number of nitrogens with one attached hydrogen (secondary N) is 2. The largest absolute Gasteiger partial charge is 0.492 e. The predicted octanol–water partition coefficient (Wildman–Crippen LogP) is 3.48. The number of nitrogens with zero attached hydrogens (tertiary/aromatic N) is 4. The van der Waals surface area contributed by atoms with Crippen LogP contribution in [0, 0.1) is 0 Å². The van der Waals surface area contributed by atoms with Crippen molar-refractivity contribution < 1.29 is 33.4 Å². The summed E-state index contributed by atoms with van der Waals surface area (Å²) in [5, 5.41) is 5.16. The number of carbonyl (C=O) groups is 5. The Labute approximate surface area is 293 Å². The van der Waals surface area contributed by atoms with Gasteiger partial charge >= 0.3 is 6.09 Å². The van der Waals surface area contributed by atoms with Crippen molar-refractivity contribution in [2.24, 2.45) is 0 Å². The van der Waals surface area contributed by atoms with E-state index in [1.165, 1.54) is 0 Å². The molecule has 2 N–H and O–H groups in total. The first-order valence-electron chi connectivity index (χ1n) is 17.7. The Morgan fingerprint density at radius 3 is 2.50 bits per heavy atom. The number of benzene rings is 1. The van der Waals surface area contributed by atoms with Gasteiger partial charge in [-0.25, -0.2) is 4.79 Å². The summed E-state index contributed by atoms with van der Waals surface area (Å²) in [5.74, 6) is -0.241. The summed E-state index contributed by atoms with van der Waals surface area (Å²) in [5.41, 5.74) is 2.27. The Kier molecular flexibility index (Phi) is 10.3. The minimum absolute atomic E-state index is 0.00280. The standard InChI is InChI=1S/C37H48N6O7/c1-37(2,3)50-36(48)39-29-7-5-6-25-10-14-31(43(25)34(29)46)35(47)42-21-24(22-42)28-20-38-17-16-30(28)41(4)18-19-49-26-11-8-23(9-12-26)27-13-15-32(44)40-33(27)45/h8-9,11-12,16-17,20,24-25,27,29,31H,5-7,10,13-15,18-19,21-22H2,1-4H3,(H,39,48)(H,40,44,45)/t25-,27?,29-,31-/m0/s1. The summed E-state index contributed by atoms with van der Waals surface area (Å²) in [6.45, 7) is 7.48. The number of carbonyl (C=O) groups excluding carboxylic acids is 5. The molecule has 4 aliphatic rings. The highest BCUT2D eigenvalue weighted by Gasteiger charge is 2.48. The quantitative estimate of drug-likeness (QED) is 0.378. The second-order valence-electron chi connectivity index (χ2n) is 14.8. The first-order valence-corrected chi connectivity index (χ1v) is 17.7. The summed E-state index contributed by atoms with van der Waals surface area (Å²) in [6, 6.07) is 8.19. The van der Waals surface area contributed by atoms with Gasteiger partial charge in [0.25, 0.3) is 0 Å². The van der Waals surface area contributed by atoms with E-state index in [4.69, 9.17) is 9.47 Å². The lowest BCUT2D eigenvalue weighted by Gasteiger charge is -2.43. The molecule has 1 unspecified atom stereocenters. The van der Waals surface area contributed by atoms with Crippen molar-refractivity contribution in [2.45, 2.75) is 101 Å². The lowest BCUT2D eigenvalue weighted by Crippen LogP contribution is -2.58. The zero-order chi connectivity index (χ0) is 35.6. The van der Waals surface area contributed by atoms with Crippen LogP contribution in [0.1, 0.15) is 88.7 Å². The zero-order valence-corrected chi connectivity index (χ0v) is 29.4. The zero-order valence-electron chi connectivity index (χ0n) is 29.4. The summed E-state index contributed by atoms with van der Waals surface area (Å²) < 4.78 is 11.4. The van der Waals surface area contributed by atoms with E-state index in [9.17, 15) is 24.0 Å². The van der Waals surface area contributed by atoms with Crippen molar-refractivity contribution >= 4 is 35.4 Å². The monoisotopic (exact) mass is 688 g/mol. The minimum atomic E-state index is -0.706. The third-order valence-corrected chi connectivity index (χ3v) is 10.2. The molecule has 1 aromatic heterocycles. The molecule has 0 aliphatic carbocycles. The third kappa shape index (κ3) is 7.87. The van der Waals surface area contributed by atoms with Crippen LogP contribution in [0.4, 0.5) is 10.5 Å². The van der Waals surface area contributed by atoms with E-state index in [1.807, 2.05) is 48.5 Å². The third-order valence-electron chi connectivity index (χ3n) is 10.2. The van der Waals surface area contributed by atoms with E-state index < -0.39 is 23.8 Å². The number of likely N-dealkylation sites (N-methyl/N-ethyl adjacent to an activating group) is 1. The maximum absolute atomic E-state index is 13.8. The van der Waals surface area contributed by atoms with Crippen molar-refractivity contribution in [3.63, 3.8) is 0 Å². The first-order chi connectivity index (χ1) is 23.9. The van der Waals surface area contributed by atoms with E-state index in [-0.39, 0.29) is 41.5 Å². The number of imide groups is 1. The Bertz CT molecular complexity index is 1600. The van der Waals surface area contributed by atoms with Crippen molar-refractivity contribution in [1.29, 1.82) is 0 Å². The van der Waals surface area contributed by atoms with Crippen LogP contribution in [0.15, 0.2) is 42.7 Å². The number of hydrogen-bond donors (Lipinski definition) is 2. The lowest BCUT2D eigenvalue weighted by atomic mass is 9.90. The number of pyridine rings is 1. The molecule has 6 rings (SSSR count). The van der Waals surface area contributed by atoms with Crippen LogP contribution in [-0.2, 0) is 23.9 Å². The predicted molar refractivity (Wildman–Crippen MR) is 185 cm³/mol. The van der Waals surface area contributed by atoms with Gasteiger partial charge in [-0.15, -0.1) is 0 Å². The van der Waals surface area contributed by atoms with Crippen LogP contribution >= 0.6 is 0 Å². The van der Waals surface area contributed by atoms with E-state index in [0.717, 1.165) is 36.1 Å². The van der Waals surface area contributed by atoms with Gasteiger partial charge in [-0.1, -0.05) is 12.1 Å². The molecule has 0 saturated carbocycles. The average Bonchev–Trinajstić information content (AvgIpc) is 3.40. The highest BCUT2D eigenvalue weighted by atomic mass is 16.6. The van der Waals surface area contributed by atoms with Gasteiger partial charge in [0.1, 0.15) is 30.0 Å². The highest BCUT2D eigenvalue weighted by molar-refractivity contribution is 6.01. The number of piperidine rings is 1. The smallest absolute Gasteiger partial charge is 0.408 e. The fourth-order valence-electron chi connectivity index (χ4n) is 7.54. The molecule has 4 fully saturated rings. The van der Waals surface area contributed by atoms with Crippen molar-refractivity contribution in [3.05, 3.63) is 53.9 Å². The number of likely N-dealkylation sites (tertiary alicyclic amines) is 1. The molecule has 4 saturated heterocycles. The summed E-state index contributed by atoms with van der Waals surface area (Å²) in [4.78, 5) is 73.8. The average molecular weight is 689 g/mol. The van der Waals surface area contributed by atoms with E-state index in [1.54, 1.807) is 31.9 Å². The molecule has 5 amide bonds. The van der Waals surface area contributed by atoms with Gasteiger partial charge in [-0.2, -0.15) is 0 Å². The van der Waals surface area contributed by atoms with Crippen LogP contribution in [0.3, 0.4) is 0 Å². The molecule has 4 aliphatic heterocycles. The van der Waals surface area contributed by atoms with Crippen LogP contribution in [0.25, 0.3) is 0 Å². The molecule has 268 valence electrons. The summed E-state index contributed by atoms with van der Waals surface area (Å²) in [7, 11) is 2.00. The second-order valence-corrected chi connectivity index (χ2v) is 14.8. The molecule has 13 nitrogen and oxygen atoms in total.